The highest BCUT2D eigenvalue weighted by atomic mass is 16.5. The van der Waals surface area contributed by atoms with Crippen molar-refractivity contribution in [1.82, 2.24) is 10.2 Å². The van der Waals surface area contributed by atoms with Gasteiger partial charge in [-0.15, -0.1) is 0 Å². The SMILES string of the molecule is CCOC1CC(N)(C(=O)NCC(C)N2CCC(C)CC2)C1(C)C. The molecule has 0 spiro atoms. The molecule has 1 saturated heterocycles. The normalized spacial score (nSPS) is 33.0. The lowest BCUT2D eigenvalue weighted by Gasteiger charge is -2.57. The molecule has 23 heavy (non-hydrogen) atoms. The quantitative estimate of drug-likeness (QED) is 0.781. The van der Waals surface area contributed by atoms with Gasteiger partial charge in [-0.05, 0) is 45.7 Å². The van der Waals surface area contributed by atoms with E-state index in [1.807, 2.05) is 20.8 Å². The molecule has 5 heteroatoms. The molecular formula is C18H35N3O2. The summed E-state index contributed by atoms with van der Waals surface area (Å²) in [5, 5.41) is 3.09. The summed E-state index contributed by atoms with van der Waals surface area (Å²) in [7, 11) is 0. The average Bonchev–Trinajstić information content (AvgIpc) is 2.52. The van der Waals surface area contributed by atoms with Gasteiger partial charge < -0.3 is 15.8 Å². The zero-order valence-electron chi connectivity index (χ0n) is 15.5. The Hall–Kier alpha value is -0.650. The summed E-state index contributed by atoms with van der Waals surface area (Å²) < 4.78 is 5.70. The van der Waals surface area contributed by atoms with Crippen LogP contribution in [0.1, 0.15) is 53.9 Å². The monoisotopic (exact) mass is 325 g/mol. The second-order valence-electron chi connectivity index (χ2n) is 8.12. The van der Waals surface area contributed by atoms with Gasteiger partial charge >= 0.3 is 0 Å². The molecule has 2 aliphatic rings. The second kappa shape index (κ2) is 7.08. The Morgan fingerprint density at radius 1 is 1.39 bits per heavy atom. The van der Waals surface area contributed by atoms with Gasteiger partial charge in [-0.2, -0.15) is 0 Å². The first-order valence-corrected chi connectivity index (χ1v) is 9.15. The minimum absolute atomic E-state index is 0.0318. The third kappa shape index (κ3) is 3.57. The number of piperidine rings is 1. The highest BCUT2D eigenvalue weighted by Crippen LogP contribution is 2.49. The minimum atomic E-state index is -0.816. The smallest absolute Gasteiger partial charge is 0.240 e. The number of carbonyl (C=O) groups excluding carboxylic acids is 1. The van der Waals surface area contributed by atoms with Crippen molar-refractivity contribution >= 4 is 5.91 Å². The fraction of sp³-hybridized carbons (Fsp3) is 0.944. The van der Waals surface area contributed by atoms with Crippen LogP contribution in [0.5, 0.6) is 0 Å². The van der Waals surface area contributed by atoms with Crippen LogP contribution in [0, 0.1) is 11.3 Å². The summed E-state index contributed by atoms with van der Waals surface area (Å²) in [6.45, 7) is 14.1. The van der Waals surface area contributed by atoms with E-state index < -0.39 is 5.54 Å². The first-order valence-electron chi connectivity index (χ1n) is 9.15. The molecule has 1 aliphatic carbocycles. The Bertz CT molecular complexity index is 418. The topological polar surface area (TPSA) is 67.6 Å². The van der Waals surface area contributed by atoms with Crippen LogP contribution in [0.3, 0.4) is 0 Å². The maximum absolute atomic E-state index is 12.6. The lowest BCUT2D eigenvalue weighted by atomic mass is 9.54. The van der Waals surface area contributed by atoms with Crippen LogP contribution in [0.15, 0.2) is 0 Å². The van der Waals surface area contributed by atoms with E-state index in [0.29, 0.717) is 25.6 Å². The molecule has 0 aromatic heterocycles. The van der Waals surface area contributed by atoms with Crippen molar-refractivity contribution in [2.24, 2.45) is 17.1 Å². The average molecular weight is 325 g/mol. The third-order valence-electron chi connectivity index (χ3n) is 6.23. The summed E-state index contributed by atoms with van der Waals surface area (Å²) in [5.41, 5.74) is 5.28. The lowest BCUT2D eigenvalue weighted by molar-refractivity contribution is -0.170. The van der Waals surface area contributed by atoms with Crippen molar-refractivity contribution in [1.29, 1.82) is 0 Å². The zero-order valence-corrected chi connectivity index (χ0v) is 15.5. The van der Waals surface area contributed by atoms with Crippen molar-refractivity contribution in [2.45, 2.75) is 71.6 Å². The predicted octanol–water partition coefficient (Wildman–Crippen LogP) is 1.76. The summed E-state index contributed by atoms with van der Waals surface area (Å²) in [6, 6.07) is 0.362. The van der Waals surface area contributed by atoms with Gasteiger partial charge in [-0.1, -0.05) is 20.8 Å². The maximum atomic E-state index is 12.6. The van der Waals surface area contributed by atoms with E-state index >= 15 is 0 Å². The van der Waals surface area contributed by atoms with Crippen molar-refractivity contribution < 1.29 is 9.53 Å². The number of hydrogen-bond acceptors (Lipinski definition) is 4. The number of ether oxygens (including phenoxy) is 1. The van der Waals surface area contributed by atoms with Crippen molar-refractivity contribution in [2.75, 3.05) is 26.2 Å². The van der Waals surface area contributed by atoms with Crippen molar-refractivity contribution in [3.63, 3.8) is 0 Å². The van der Waals surface area contributed by atoms with Gasteiger partial charge in [0.15, 0.2) is 0 Å². The van der Waals surface area contributed by atoms with E-state index in [2.05, 4.69) is 24.1 Å². The first-order chi connectivity index (χ1) is 10.7. The highest BCUT2D eigenvalue weighted by Gasteiger charge is 2.62. The molecule has 1 saturated carbocycles. The maximum Gasteiger partial charge on any atom is 0.240 e. The molecule has 3 atom stereocenters. The van der Waals surface area contributed by atoms with E-state index in [-0.39, 0.29) is 17.4 Å². The Morgan fingerprint density at radius 2 is 2.00 bits per heavy atom. The Morgan fingerprint density at radius 3 is 2.52 bits per heavy atom. The van der Waals surface area contributed by atoms with Gasteiger partial charge in [-0.3, -0.25) is 9.69 Å². The van der Waals surface area contributed by atoms with E-state index in [0.717, 1.165) is 19.0 Å². The predicted molar refractivity (Wildman–Crippen MR) is 93.2 cm³/mol. The third-order valence-corrected chi connectivity index (χ3v) is 6.23. The molecule has 0 bridgehead atoms. The fourth-order valence-electron chi connectivity index (χ4n) is 3.82. The van der Waals surface area contributed by atoms with Crippen molar-refractivity contribution in [3.05, 3.63) is 0 Å². The number of nitrogens with zero attached hydrogens (tertiary/aromatic N) is 1. The molecule has 3 N–H and O–H groups in total. The standard InChI is InChI=1S/C18H35N3O2/c1-6-23-15-11-18(19,17(15,4)5)16(22)20-12-14(3)21-9-7-13(2)8-10-21/h13-15H,6-12,19H2,1-5H3,(H,20,22). The molecule has 0 aromatic carbocycles. The zero-order chi connectivity index (χ0) is 17.3. The molecule has 134 valence electrons. The molecule has 1 aliphatic heterocycles. The Kier molecular flexibility index (Phi) is 5.75. The van der Waals surface area contributed by atoms with E-state index in [1.165, 1.54) is 12.8 Å². The number of rotatable bonds is 6. The minimum Gasteiger partial charge on any atom is -0.378 e. The van der Waals surface area contributed by atoms with Gasteiger partial charge in [0.2, 0.25) is 5.91 Å². The van der Waals surface area contributed by atoms with Crippen LogP contribution < -0.4 is 11.1 Å². The van der Waals surface area contributed by atoms with Gasteiger partial charge in [0, 0.05) is 31.0 Å². The van der Waals surface area contributed by atoms with E-state index in [9.17, 15) is 4.79 Å². The molecule has 2 fully saturated rings. The number of nitrogens with two attached hydrogens (primary N) is 1. The fourth-order valence-corrected chi connectivity index (χ4v) is 3.82. The summed E-state index contributed by atoms with van der Waals surface area (Å²) in [5.74, 6) is 0.794. The van der Waals surface area contributed by atoms with Crippen LogP contribution in [0.25, 0.3) is 0 Å². The highest BCUT2D eigenvalue weighted by molar-refractivity contribution is 5.88. The van der Waals surface area contributed by atoms with E-state index in [4.69, 9.17) is 10.5 Å². The number of hydrogen-bond donors (Lipinski definition) is 2. The largest absolute Gasteiger partial charge is 0.378 e. The molecule has 0 aromatic rings. The lowest BCUT2D eigenvalue weighted by Crippen LogP contribution is -2.76. The van der Waals surface area contributed by atoms with Crippen molar-refractivity contribution in [3.8, 4) is 0 Å². The van der Waals surface area contributed by atoms with Gasteiger partial charge in [0.1, 0.15) is 5.54 Å². The van der Waals surface area contributed by atoms with Gasteiger partial charge in [-0.25, -0.2) is 0 Å². The Balaban J connectivity index is 1.83. The summed E-state index contributed by atoms with van der Waals surface area (Å²) in [4.78, 5) is 15.1. The van der Waals surface area contributed by atoms with Crippen LogP contribution in [0.4, 0.5) is 0 Å². The van der Waals surface area contributed by atoms with Gasteiger partial charge in [0.05, 0.1) is 6.10 Å². The van der Waals surface area contributed by atoms with Crippen LogP contribution in [-0.2, 0) is 9.53 Å². The molecule has 3 unspecified atom stereocenters. The van der Waals surface area contributed by atoms with Crippen LogP contribution in [0.2, 0.25) is 0 Å². The Labute approximate surface area is 141 Å². The van der Waals surface area contributed by atoms with Crippen LogP contribution >= 0.6 is 0 Å². The number of nitrogens with one attached hydrogen (secondary N) is 1. The first kappa shape index (κ1) is 18.7. The summed E-state index contributed by atoms with van der Waals surface area (Å²) >= 11 is 0. The molecule has 1 heterocycles. The molecular weight excluding hydrogens is 290 g/mol. The number of likely N-dealkylation sites (tertiary alicyclic amines) is 1. The second-order valence-corrected chi connectivity index (χ2v) is 8.12. The molecule has 5 nitrogen and oxygen atoms in total. The number of amides is 1. The summed E-state index contributed by atoms with van der Waals surface area (Å²) in [6.07, 6.45) is 3.18. The number of carbonyl (C=O) groups is 1. The van der Waals surface area contributed by atoms with Crippen LogP contribution in [-0.4, -0.2) is 54.7 Å². The van der Waals surface area contributed by atoms with Gasteiger partial charge in [0.25, 0.3) is 0 Å². The molecule has 0 radical (unpaired) electrons. The van der Waals surface area contributed by atoms with E-state index in [1.54, 1.807) is 0 Å². The molecule has 2 rings (SSSR count). The molecule has 1 amide bonds.